The molecule has 2 rings (SSSR count). The summed E-state index contributed by atoms with van der Waals surface area (Å²) in [7, 11) is 0. The maximum Gasteiger partial charge on any atom is 0.0672 e. The van der Waals surface area contributed by atoms with Crippen molar-refractivity contribution >= 4 is 17.2 Å². The van der Waals surface area contributed by atoms with Gasteiger partial charge in [-0.1, -0.05) is 0 Å². The van der Waals surface area contributed by atoms with Crippen molar-refractivity contribution in [2.24, 2.45) is 0 Å². The number of aromatic nitrogens is 1. The Morgan fingerprint density at radius 3 is 2.92 bits per heavy atom. The molecule has 0 aliphatic carbocycles. The molecule has 0 unspecified atom stereocenters. The third-order valence-electron chi connectivity index (χ3n) is 2.15. The fourth-order valence-electron chi connectivity index (χ4n) is 1.35. The van der Waals surface area contributed by atoms with E-state index in [0.717, 1.165) is 38.5 Å². The van der Waals surface area contributed by atoms with Gasteiger partial charge in [0.1, 0.15) is 0 Å². The molecule has 1 fully saturated rings. The Hall–Kier alpha value is -0.650. The first-order chi connectivity index (χ1) is 6.36. The molecule has 1 saturated heterocycles. The first-order valence-electron chi connectivity index (χ1n) is 4.35. The number of hydrogen-bond donors (Lipinski definition) is 1. The molecule has 5 heteroatoms. The molecule has 0 radical (unpaired) electrons. The molecule has 2 N–H and O–H groups in total. The second kappa shape index (κ2) is 4.04. The Bertz CT molecular complexity index is 270. The van der Waals surface area contributed by atoms with Gasteiger partial charge in [0.15, 0.2) is 0 Å². The topological polar surface area (TPSA) is 51.4 Å². The van der Waals surface area contributed by atoms with Crippen molar-refractivity contribution in [2.45, 2.75) is 6.54 Å². The number of nitrogens with zero attached hydrogens (tertiary/aromatic N) is 2. The molecule has 0 bridgehead atoms. The SMILES string of the molecule is Nc1cnsc1CN1CCOCC1. The number of rotatable bonds is 2. The molecular formula is C8H13N3OS. The lowest BCUT2D eigenvalue weighted by Crippen LogP contribution is -2.35. The zero-order chi connectivity index (χ0) is 9.10. The lowest BCUT2D eigenvalue weighted by Gasteiger charge is -2.25. The van der Waals surface area contributed by atoms with Gasteiger partial charge in [-0.25, -0.2) is 0 Å². The van der Waals surface area contributed by atoms with Gasteiger partial charge in [0, 0.05) is 19.6 Å². The van der Waals surface area contributed by atoms with Crippen molar-refractivity contribution in [2.75, 3.05) is 32.0 Å². The highest BCUT2D eigenvalue weighted by Crippen LogP contribution is 2.18. The molecule has 4 nitrogen and oxygen atoms in total. The summed E-state index contributed by atoms with van der Waals surface area (Å²) < 4.78 is 9.31. The standard InChI is InChI=1S/C8H13N3OS/c9-7-5-10-13-8(7)6-11-1-3-12-4-2-11/h5H,1-4,6,9H2. The number of nitrogens with two attached hydrogens (primary N) is 1. The first-order valence-corrected chi connectivity index (χ1v) is 5.13. The van der Waals surface area contributed by atoms with E-state index in [4.69, 9.17) is 10.5 Å². The average Bonchev–Trinajstić information content (AvgIpc) is 2.54. The Balaban J connectivity index is 1.93. The maximum absolute atomic E-state index is 5.75. The minimum absolute atomic E-state index is 0.816. The van der Waals surface area contributed by atoms with E-state index >= 15 is 0 Å². The highest BCUT2D eigenvalue weighted by molar-refractivity contribution is 7.06. The van der Waals surface area contributed by atoms with Crippen molar-refractivity contribution in [1.29, 1.82) is 0 Å². The fourth-order valence-corrected chi connectivity index (χ4v) is 2.05. The minimum Gasteiger partial charge on any atom is -0.396 e. The van der Waals surface area contributed by atoms with Gasteiger partial charge >= 0.3 is 0 Å². The van der Waals surface area contributed by atoms with Crippen LogP contribution in [0.3, 0.4) is 0 Å². The lowest BCUT2D eigenvalue weighted by atomic mass is 10.3. The van der Waals surface area contributed by atoms with Gasteiger partial charge in [-0.3, -0.25) is 4.90 Å². The summed E-state index contributed by atoms with van der Waals surface area (Å²) in [6.45, 7) is 4.58. The van der Waals surface area contributed by atoms with Gasteiger partial charge in [0.05, 0.1) is 30.0 Å². The molecule has 0 atom stereocenters. The molecule has 1 aliphatic rings. The number of nitrogen functional groups attached to an aromatic ring is 1. The third-order valence-corrected chi connectivity index (χ3v) is 2.94. The fraction of sp³-hybridized carbons (Fsp3) is 0.625. The summed E-state index contributed by atoms with van der Waals surface area (Å²) in [6.07, 6.45) is 1.72. The van der Waals surface area contributed by atoms with Crippen LogP contribution in [0.25, 0.3) is 0 Å². The quantitative estimate of drug-likeness (QED) is 0.756. The van der Waals surface area contributed by atoms with E-state index in [0.29, 0.717) is 0 Å². The summed E-state index contributed by atoms with van der Waals surface area (Å²) in [5, 5.41) is 0. The van der Waals surface area contributed by atoms with Crippen LogP contribution >= 0.6 is 11.5 Å². The van der Waals surface area contributed by atoms with Gasteiger partial charge in [-0.15, -0.1) is 0 Å². The third kappa shape index (κ3) is 2.18. The molecule has 0 amide bonds. The van der Waals surface area contributed by atoms with Crippen LogP contribution in [0.2, 0.25) is 0 Å². The predicted molar refractivity (Wildman–Crippen MR) is 52.6 cm³/mol. The summed E-state index contributed by atoms with van der Waals surface area (Å²) in [5.41, 5.74) is 6.56. The molecule has 0 saturated carbocycles. The van der Waals surface area contributed by atoms with Crippen LogP contribution in [-0.4, -0.2) is 35.6 Å². The zero-order valence-electron chi connectivity index (χ0n) is 7.40. The van der Waals surface area contributed by atoms with Crippen molar-refractivity contribution in [3.63, 3.8) is 0 Å². The van der Waals surface area contributed by atoms with Crippen LogP contribution in [0.1, 0.15) is 4.88 Å². The van der Waals surface area contributed by atoms with Crippen molar-refractivity contribution in [3.8, 4) is 0 Å². The molecule has 0 spiro atoms. The summed E-state index contributed by atoms with van der Waals surface area (Å²) in [6, 6.07) is 0. The van der Waals surface area contributed by atoms with Gasteiger partial charge in [0.25, 0.3) is 0 Å². The van der Waals surface area contributed by atoms with E-state index in [1.165, 1.54) is 16.4 Å². The zero-order valence-corrected chi connectivity index (χ0v) is 8.22. The highest BCUT2D eigenvalue weighted by atomic mass is 32.1. The van der Waals surface area contributed by atoms with E-state index in [9.17, 15) is 0 Å². The Morgan fingerprint density at radius 2 is 2.31 bits per heavy atom. The van der Waals surface area contributed by atoms with Gasteiger partial charge in [-0.2, -0.15) is 4.37 Å². The maximum atomic E-state index is 5.75. The summed E-state index contributed by atoms with van der Waals surface area (Å²) in [5.74, 6) is 0. The smallest absolute Gasteiger partial charge is 0.0672 e. The van der Waals surface area contributed by atoms with Gasteiger partial charge < -0.3 is 10.5 Å². The molecule has 0 aromatic carbocycles. The predicted octanol–water partition coefficient (Wildman–Crippen LogP) is 0.558. The highest BCUT2D eigenvalue weighted by Gasteiger charge is 2.12. The largest absolute Gasteiger partial charge is 0.396 e. The molecule has 72 valence electrons. The second-order valence-corrected chi connectivity index (χ2v) is 3.98. The van der Waals surface area contributed by atoms with Crippen LogP contribution < -0.4 is 5.73 Å². The van der Waals surface area contributed by atoms with Crippen LogP contribution in [0.15, 0.2) is 6.20 Å². The van der Waals surface area contributed by atoms with Crippen molar-refractivity contribution in [3.05, 3.63) is 11.1 Å². The Labute approximate surface area is 81.5 Å². The monoisotopic (exact) mass is 199 g/mol. The van der Waals surface area contributed by atoms with Crippen molar-refractivity contribution in [1.82, 2.24) is 9.27 Å². The van der Waals surface area contributed by atoms with Crippen LogP contribution in [0, 0.1) is 0 Å². The minimum atomic E-state index is 0.816. The second-order valence-electron chi connectivity index (χ2n) is 3.09. The average molecular weight is 199 g/mol. The summed E-state index contributed by atoms with van der Waals surface area (Å²) in [4.78, 5) is 3.51. The molecule has 1 aromatic rings. The van der Waals surface area contributed by atoms with Crippen LogP contribution in [0.4, 0.5) is 5.69 Å². The molecule has 2 heterocycles. The van der Waals surface area contributed by atoms with E-state index in [1.54, 1.807) is 6.20 Å². The van der Waals surface area contributed by atoms with E-state index in [-0.39, 0.29) is 0 Å². The van der Waals surface area contributed by atoms with Crippen molar-refractivity contribution < 1.29 is 4.74 Å². The van der Waals surface area contributed by atoms with E-state index in [1.807, 2.05) is 0 Å². The normalized spacial score (nSPS) is 19.1. The number of anilines is 1. The van der Waals surface area contributed by atoms with E-state index < -0.39 is 0 Å². The lowest BCUT2D eigenvalue weighted by molar-refractivity contribution is 0.0347. The Kier molecular flexibility index (Phi) is 2.77. The van der Waals surface area contributed by atoms with Crippen LogP contribution in [-0.2, 0) is 11.3 Å². The molecule has 13 heavy (non-hydrogen) atoms. The van der Waals surface area contributed by atoms with Gasteiger partial charge in [0.2, 0.25) is 0 Å². The Morgan fingerprint density at radius 1 is 1.54 bits per heavy atom. The number of morpholine rings is 1. The molecule has 1 aromatic heterocycles. The summed E-state index contributed by atoms with van der Waals surface area (Å²) >= 11 is 1.49. The van der Waals surface area contributed by atoms with Crippen LogP contribution in [0.5, 0.6) is 0 Å². The van der Waals surface area contributed by atoms with Gasteiger partial charge in [-0.05, 0) is 11.5 Å². The molecular weight excluding hydrogens is 186 g/mol. The number of hydrogen-bond acceptors (Lipinski definition) is 5. The molecule has 1 aliphatic heterocycles. The van der Waals surface area contributed by atoms with E-state index in [2.05, 4.69) is 9.27 Å². The number of ether oxygens (including phenoxy) is 1. The first kappa shape index (κ1) is 8.93.